The Kier molecular flexibility index (Phi) is 4.45. The number of carbonyl (C=O) groups excluding carboxylic acids is 2. The first-order valence-corrected chi connectivity index (χ1v) is 6.42. The Morgan fingerprint density at radius 1 is 1.42 bits per heavy atom. The third-order valence-corrected chi connectivity index (χ3v) is 3.17. The highest BCUT2D eigenvalue weighted by molar-refractivity contribution is 5.82. The summed E-state index contributed by atoms with van der Waals surface area (Å²) in [6, 6.07) is -0.787. The molecule has 110 valence electrons. The van der Waals surface area contributed by atoms with Crippen LogP contribution >= 0.6 is 0 Å². The van der Waals surface area contributed by atoms with Crippen LogP contribution in [0, 0.1) is 0 Å². The van der Waals surface area contributed by atoms with Gasteiger partial charge in [-0.1, -0.05) is 6.92 Å². The Morgan fingerprint density at radius 2 is 2.00 bits per heavy atom. The molecule has 1 saturated heterocycles. The van der Waals surface area contributed by atoms with Gasteiger partial charge in [0, 0.05) is 6.42 Å². The summed E-state index contributed by atoms with van der Waals surface area (Å²) in [6.45, 7) is 7.14. The van der Waals surface area contributed by atoms with Crippen molar-refractivity contribution in [2.24, 2.45) is 0 Å². The third kappa shape index (κ3) is 3.83. The van der Waals surface area contributed by atoms with E-state index in [1.165, 1.54) is 12.0 Å². The maximum Gasteiger partial charge on any atom is 0.411 e. The largest absolute Gasteiger partial charge is 0.467 e. The summed E-state index contributed by atoms with van der Waals surface area (Å²) in [5.74, 6) is -0.532. The van der Waals surface area contributed by atoms with Crippen LogP contribution < -0.4 is 0 Å². The van der Waals surface area contributed by atoms with Gasteiger partial charge in [-0.25, -0.2) is 9.59 Å². The molecule has 0 aromatic rings. The minimum atomic E-state index is -1.06. The molecule has 1 fully saturated rings. The lowest BCUT2D eigenvalue weighted by molar-refractivity contribution is -0.145. The van der Waals surface area contributed by atoms with Crippen LogP contribution in [-0.2, 0) is 14.3 Å². The van der Waals surface area contributed by atoms with E-state index in [4.69, 9.17) is 4.74 Å². The molecular weight excluding hydrogens is 250 g/mol. The Hall–Kier alpha value is -1.30. The van der Waals surface area contributed by atoms with Crippen LogP contribution in [0.25, 0.3) is 0 Å². The lowest BCUT2D eigenvalue weighted by Crippen LogP contribution is -2.44. The molecule has 1 N–H and O–H groups in total. The van der Waals surface area contributed by atoms with E-state index in [1.807, 2.05) is 6.92 Å². The van der Waals surface area contributed by atoms with Crippen molar-refractivity contribution in [1.29, 1.82) is 0 Å². The Bertz CT molecular complexity index is 363. The lowest BCUT2D eigenvalue weighted by Gasteiger charge is -2.27. The molecule has 1 unspecified atom stereocenters. The predicted octanol–water partition coefficient (Wildman–Crippen LogP) is 1.31. The first-order valence-electron chi connectivity index (χ1n) is 6.42. The van der Waals surface area contributed by atoms with Crippen LogP contribution in [0.1, 0.15) is 40.5 Å². The van der Waals surface area contributed by atoms with Gasteiger partial charge in [0.2, 0.25) is 0 Å². The van der Waals surface area contributed by atoms with Gasteiger partial charge in [-0.05, 0) is 27.2 Å². The molecule has 0 spiro atoms. The van der Waals surface area contributed by atoms with Crippen molar-refractivity contribution in [3.63, 3.8) is 0 Å². The van der Waals surface area contributed by atoms with Gasteiger partial charge in [-0.15, -0.1) is 0 Å². The molecule has 0 aliphatic carbocycles. The quantitative estimate of drug-likeness (QED) is 0.768. The van der Waals surface area contributed by atoms with Gasteiger partial charge >= 0.3 is 12.1 Å². The number of ether oxygens (including phenoxy) is 2. The maximum absolute atomic E-state index is 12.1. The summed E-state index contributed by atoms with van der Waals surface area (Å²) >= 11 is 0. The molecule has 6 heteroatoms. The monoisotopic (exact) mass is 273 g/mol. The second kappa shape index (κ2) is 5.36. The molecule has 2 atom stereocenters. The van der Waals surface area contributed by atoms with Crippen molar-refractivity contribution >= 4 is 12.1 Å². The fourth-order valence-electron chi connectivity index (χ4n) is 2.08. The van der Waals surface area contributed by atoms with E-state index in [1.54, 1.807) is 20.8 Å². The second-order valence-corrected chi connectivity index (χ2v) is 5.93. The predicted molar refractivity (Wildman–Crippen MR) is 68.6 cm³/mol. The molecule has 1 aliphatic rings. The van der Waals surface area contributed by atoms with Crippen LogP contribution in [0.4, 0.5) is 4.79 Å². The molecule has 1 amide bonds. The summed E-state index contributed by atoms with van der Waals surface area (Å²) in [5.41, 5.74) is -1.71. The van der Waals surface area contributed by atoms with Gasteiger partial charge in [-0.2, -0.15) is 0 Å². The summed E-state index contributed by atoms with van der Waals surface area (Å²) in [7, 11) is 1.26. The lowest BCUT2D eigenvalue weighted by atomic mass is 9.97. The van der Waals surface area contributed by atoms with E-state index in [9.17, 15) is 14.7 Å². The van der Waals surface area contributed by atoms with Gasteiger partial charge in [-0.3, -0.25) is 4.90 Å². The number of carbonyl (C=O) groups is 2. The standard InChI is InChI=1S/C13H23NO5/c1-6-13(17)7-9(10(15)18-5)14(8-13)11(16)19-12(2,3)4/h9,17H,6-8H2,1-5H3/t9-,13?/m0/s1. The number of hydrogen-bond acceptors (Lipinski definition) is 5. The maximum atomic E-state index is 12.1. The molecule has 6 nitrogen and oxygen atoms in total. The topological polar surface area (TPSA) is 76.1 Å². The van der Waals surface area contributed by atoms with Gasteiger partial charge in [0.1, 0.15) is 11.6 Å². The molecule has 0 aromatic heterocycles. The SMILES string of the molecule is CCC1(O)C[C@@H](C(=O)OC)N(C(=O)OC(C)(C)C)C1. The number of methoxy groups -OCH3 is 1. The summed E-state index contributed by atoms with van der Waals surface area (Å²) < 4.78 is 9.94. The number of β-amino-alcohol motifs (C(OH)–C–C–N with tert-alkyl or cyclic N) is 1. The van der Waals surface area contributed by atoms with E-state index in [2.05, 4.69) is 4.74 Å². The number of rotatable bonds is 2. The van der Waals surface area contributed by atoms with Crippen molar-refractivity contribution < 1.29 is 24.2 Å². The van der Waals surface area contributed by atoms with Gasteiger partial charge in [0.05, 0.1) is 19.3 Å². The van der Waals surface area contributed by atoms with Gasteiger partial charge < -0.3 is 14.6 Å². The van der Waals surface area contributed by atoms with Crippen molar-refractivity contribution in [2.45, 2.75) is 57.8 Å². The first-order chi connectivity index (χ1) is 8.62. The minimum Gasteiger partial charge on any atom is -0.467 e. The fraction of sp³-hybridized carbons (Fsp3) is 0.846. The number of esters is 1. The molecule has 1 rings (SSSR count). The highest BCUT2D eigenvalue weighted by Gasteiger charge is 2.48. The third-order valence-electron chi connectivity index (χ3n) is 3.17. The molecule has 1 aliphatic heterocycles. The zero-order valence-electron chi connectivity index (χ0n) is 12.2. The van der Waals surface area contributed by atoms with Gasteiger partial charge in [0.15, 0.2) is 0 Å². The minimum absolute atomic E-state index is 0.0815. The zero-order chi connectivity index (χ0) is 14.8. The molecule has 0 bridgehead atoms. The molecule has 0 saturated carbocycles. The molecule has 19 heavy (non-hydrogen) atoms. The summed E-state index contributed by atoms with van der Waals surface area (Å²) in [5, 5.41) is 10.3. The average Bonchev–Trinajstić information content (AvgIpc) is 2.65. The zero-order valence-corrected chi connectivity index (χ0v) is 12.2. The van der Waals surface area contributed by atoms with Crippen LogP contribution in [0.2, 0.25) is 0 Å². The first kappa shape index (κ1) is 15.8. The Balaban J connectivity index is 2.89. The summed E-state index contributed by atoms with van der Waals surface area (Å²) in [6.07, 6.45) is 0.0298. The fourth-order valence-corrected chi connectivity index (χ4v) is 2.08. The number of nitrogens with zero attached hydrogens (tertiary/aromatic N) is 1. The molecule has 0 aromatic carbocycles. The van der Waals surface area contributed by atoms with Crippen LogP contribution in [0.5, 0.6) is 0 Å². The highest BCUT2D eigenvalue weighted by Crippen LogP contribution is 2.31. The number of aliphatic hydroxyl groups is 1. The van der Waals surface area contributed by atoms with Crippen LogP contribution in [0.3, 0.4) is 0 Å². The summed E-state index contributed by atoms with van der Waals surface area (Å²) in [4.78, 5) is 25.0. The number of amides is 1. The van der Waals surface area contributed by atoms with Crippen LogP contribution in [-0.4, -0.2) is 53.0 Å². The van der Waals surface area contributed by atoms with E-state index in [0.29, 0.717) is 6.42 Å². The average molecular weight is 273 g/mol. The van der Waals surface area contributed by atoms with Gasteiger partial charge in [0.25, 0.3) is 0 Å². The molecule has 1 heterocycles. The smallest absolute Gasteiger partial charge is 0.411 e. The Morgan fingerprint density at radius 3 is 2.42 bits per heavy atom. The van der Waals surface area contributed by atoms with Crippen LogP contribution in [0.15, 0.2) is 0 Å². The number of hydrogen-bond donors (Lipinski definition) is 1. The Labute approximate surface area is 113 Å². The normalized spacial score (nSPS) is 27.3. The van der Waals surface area contributed by atoms with Crippen molar-refractivity contribution in [1.82, 2.24) is 4.90 Å². The van der Waals surface area contributed by atoms with E-state index in [-0.39, 0.29) is 13.0 Å². The van der Waals surface area contributed by atoms with E-state index >= 15 is 0 Å². The molecular formula is C13H23NO5. The van der Waals surface area contributed by atoms with Crippen molar-refractivity contribution in [3.05, 3.63) is 0 Å². The van der Waals surface area contributed by atoms with E-state index < -0.39 is 29.3 Å². The second-order valence-electron chi connectivity index (χ2n) is 5.93. The molecule has 0 radical (unpaired) electrons. The van der Waals surface area contributed by atoms with E-state index in [0.717, 1.165) is 0 Å². The van der Waals surface area contributed by atoms with Crippen molar-refractivity contribution in [3.8, 4) is 0 Å². The van der Waals surface area contributed by atoms with Crippen molar-refractivity contribution in [2.75, 3.05) is 13.7 Å². The number of likely N-dealkylation sites (tertiary alicyclic amines) is 1. The highest BCUT2D eigenvalue weighted by atomic mass is 16.6.